The zero-order chi connectivity index (χ0) is 14.3. The summed E-state index contributed by atoms with van der Waals surface area (Å²) in [6.07, 6.45) is 3.08. The zero-order valence-electron chi connectivity index (χ0n) is 11.8. The fraction of sp³-hybridized carbons (Fsp3) is 0.533. The molecule has 0 aliphatic heterocycles. The lowest BCUT2D eigenvalue weighted by Crippen LogP contribution is -2.17. The normalized spacial score (nSPS) is 10.9. The standard InChI is InChI=1S/C15H21NO2S/c1-15(2,6-4-5-7-16-11-19)12-8-13(17)10-14(9-12)18-3/h8-10,17H,4-7H2,1-3H3. The average molecular weight is 279 g/mol. The number of hydrogen-bond donors (Lipinski definition) is 1. The molecular weight excluding hydrogens is 258 g/mol. The van der Waals surface area contributed by atoms with Gasteiger partial charge in [0.05, 0.1) is 12.3 Å². The highest BCUT2D eigenvalue weighted by atomic mass is 32.1. The minimum absolute atomic E-state index is 0.00653. The number of isothiocyanates is 1. The van der Waals surface area contributed by atoms with Gasteiger partial charge in [0.15, 0.2) is 0 Å². The third-order valence-corrected chi connectivity index (χ3v) is 3.42. The number of ether oxygens (including phenoxy) is 1. The van der Waals surface area contributed by atoms with E-state index in [1.807, 2.05) is 6.07 Å². The van der Waals surface area contributed by atoms with Gasteiger partial charge >= 0.3 is 0 Å². The summed E-state index contributed by atoms with van der Waals surface area (Å²) in [5.41, 5.74) is 1.08. The fourth-order valence-electron chi connectivity index (χ4n) is 2.04. The number of phenolic OH excluding ortho intramolecular Hbond substituents is 1. The molecule has 0 bridgehead atoms. The molecule has 0 saturated heterocycles. The van der Waals surface area contributed by atoms with Crippen LogP contribution in [0.3, 0.4) is 0 Å². The first kappa shape index (κ1) is 15.7. The van der Waals surface area contributed by atoms with Crippen LogP contribution in [0.2, 0.25) is 0 Å². The van der Waals surface area contributed by atoms with E-state index in [0.717, 1.165) is 31.4 Å². The van der Waals surface area contributed by atoms with Crippen molar-refractivity contribution in [2.45, 2.75) is 38.5 Å². The lowest BCUT2D eigenvalue weighted by atomic mass is 9.80. The van der Waals surface area contributed by atoms with Gasteiger partial charge in [-0.05, 0) is 48.2 Å². The highest BCUT2D eigenvalue weighted by molar-refractivity contribution is 7.78. The zero-order valence-corrected chi connectivity index (χ0v) is 12.6. The number of phenols is 1. The molecule has 1 aromatic rings. The number of benzene rings is 1. The molecule has 0 aromatic heterocycles. The van der Waals surface area contributed by atoms with Gasteiger partial charge in [0.1, 0.15) is 11.5 Å². The highest BCUT2D eigenvalue weighted by Crippen LogP contribution is 2.34. The van der Waals surface area contributed by atoms with Gasteiger partial charge in [0, 0.05) is 12.6 Å². The van der Waals surface area contributed by atoms with Crippen LogP contribution < -0.4 is 4.74 Å². The number of nitrogens with zero attached hydrogens (tertiary/aromatic N) is 1. The highest BCUT2D eigenvalue weighted by Gasteiger charge is 2.21. The Kier molecular flexibility index (Phi) is 6.00. The van der Waals surface area contributed by atoms with Crippen molar-refractivity contribution in [3.63, 3.8) is 0 Å². The Balaban J connectivity index is 2.70. The molecule has 0 spiro atoms. The van der Waals surface area contributed by atoms with Gasteiger partial charge in [-0.3, -0.25) is 0 Å². The molecule has 3 nitrogen and oxygen atoms in total. The van der Waals surface area contributed by atoms with E-state index >= 15 is 0 Å². The van der Waals surface area contributed by atoms with Gasteiger partial charge in [-0.25, -0.2) is 4.99 Å². The van der Waals surface area contributed by atoms with E-state index in [0.29, 0.717) is 5.75 Å². The summed E-state index contributed by atoms with van der Waals surface area (Å²) < 4.78 is 5.19. The van der Waals surface area contributed by atoms with Crippen LogP contribution in [-0.2, 0) is 5.41 Å². The monoisotopic (exact) mass is 279 g/mol. The summed E-state index contributed by atoms with van der Waals surface area (Å²) in [7, 11) is 1.61. The van der Waals surface area contributed by atoms with Crippen LogP contribution in [0.25, 0.3) is 0 Å². The van der Waals surface area contributed by atoms with Crippen molar-refractivity contribution in [2.24, 2.45) is 4.99 Å². The van der Waals surface area contributed by atoms with Crippen LogP contribution >= 0.6 is 12.2 Å². The molecule has 0 aliphatic carbocycles. The maximum Gasteiger partial charge on any atom is 0.122 e. The first-order chi connectivity index (χ1) is 8.99. The van der Waals surface area contributed by atoms with Crippen LogP contribution in [0.5, 0.6) is 11.5 Å². The fourth-order valence-corrected chi connectivity index (χ4v) is 2.13. The van der Waals surface area contributed by atoms with Gasteiger partial charge in [-0.15, -0.1) is 0 Å². The summed E-state index contributed by atoms with van der Waals surface area (Å²) >= 11 is 4.54. The van der Waals surface area contributed by atoms with E-state index in [1.165, 1.54) is 0 Å². The second kappa shape index (κ2) is 7.27. The van der Waals surface area contributed by atoms with E-state index in [4.69, 9.17) is 4.74 Å². The van der Waals surface area contributed by atoms with Crippen molar-refractivity contribution >= 4 is 17.4 Å². The third kappa shape index (κ3) is 5.01. The second-order valence-corrected chi connectivity index (χ2v) is 5.42. The molecule has 0 saturated carbocycles. The molecule has 4 heteroatoms. The van der Waals surface area contributed by atoms with Crippen LogP contribution in [0.15, 0.2) is 23.2 Å². The van der Waals surface area contributed by atoms with Crippen molar-refractivity contribution in [3.05, 3.63) is 23.8 Å². The van der Waals surface area contributed by atoms with Crippen molar-refractivity contribution in [1.29, 1.82) is 0 Å². The Morgan fingerprint density at radius 1 is 1.32 bits per heavy atom. The molecule has 19 heavy (non-hydrogen) atoms. The summed E-state index contributed by atoms with van der Waals surface area (Å²) in [6.45, 7) is 5.08. The molecule has 0 radical (unpaired) electrons. The topological polar surface area (TPSA) is 41.8 Å². The first-order valence-corrected chi connectivity index (χ1v) is 6.82. The molecule has 0 fully saturated rings. The number of aromatic hydroxyl groups is 1. The van der Waals surface area contributed by atoms with Crippen LogP contribution in [0, 0.1) is 0 Å². The van der Waals surface area contributed by atoms with Crippen LogP contribution in [-0.4, -0.2) is 23.9 Å². The van der Waals surface area contributed by atoms with Gasteiger partial charge < -0.3 is 9.84 Å². The van der Waals surface area contributed by atoms with Gasteiger partial charge in [0.25, 0.3) is 0 Å². The number of thiocarbonyl (C=S) groups is 1. The lowest BCUT2D eigenvalue weighted by molar-refractivity contribution is 0.399. The Labute approximate surface area is 120 Å². The summed E-state index contributed by atoms with van der Waals surface area (Å²) in [5.74, 6) is 0.932. The number of methoxy groups -OCH3 is 1. The number of hydrogen-bond acceptors (Lipinski definition) is 4. The molecular formula is C15H21NO2S. The average Bonchev–Trinajstić information content (AvgIpc) is 2.37. The Hall–Kier alpha value is -1.38. The quantitative estimate of drug-likeness (QED) is 0.467. The maximum absolute atomic E-state index is 9.72. The lowest BCUT2D eigenvalue weighted by Gasteiger charge is -2.26. The number of rotatable bonds is 7. The summed E-state index contributed by atoms with van der Waals surface area (Å²) in [6, 6.07) is 5.40. The summed E-state index contributed by atoms with van der Waals surface area (Å²) in [4.78, 5) is 3.91. The van der Waals surface area contributed by atoms with E-state index in [-0.39, 0.29) is 11.2 Å². The van der Waals surface area contributed by atoms with E-state index < -0.39 is 0 Å². The summed E-state index contributed by atoms with van der Waals surface area (Å²) in [5, 5.41) is 12.1. The molecule has 104 valence electrons. The number of unbranched alkanes of at least 4 members (excludes halogenated alkanes) is 1. The minimum atomic E-state index is -0.00653. The first-order valence-electron chi connectivity index (χ1n) is 6.42. The van der Waals surface area contributed by atoms with Gasteiger partial charge in [-0.2, -0.15) is 0 Å². The second-order valence-electron chi connectivity index (χ2n) is 5.23. The molecule has 0 atom stereocenters. The molecule has 0 unspecified atom stereocenters. The largest absolute Gasteiger partial charge is 0.508 e. The van der Waals surface area contributed by atoms with Crippen LogP contribution in [0.4, 0.5) is 0 Å². The maximum atomic E-state index is 9.72. The minimum Gasteiger partial charge on any atom is -0.508 e. The molecule has 1 N–H and O–H groups in total. The van der Waals surface area contributed by atoms with Crippen molar-refractivity contribution in [3.8, 4) is 11.5 Å². The molecule has 1 aromatic carbocycles. The Morgan fingerprint density at radius 2 is 2.05 bits per heavy atom. The molecule has 1 rings (SSSR count). The van der Waals surface area contributed by atoms with Gasteiger partial charge in [-0.1, -0.05) is 20.3 Å². The smallest absolute Gasteiger partial charge is 0.122 e. The Bertz CT molecular complexity index is 465. The SMILES string of the molecule is COc1cc(O)cc(C(C)(C)CCCCN=C=S)c1. The van der Waals surface area contributed by atoms with E-state index in [2.05, 4.69) is 36.2 Å². The Morgan fingerprint density at radius 3 is 2.68 bits per heavy atom. The molecule has 0 aliphatic rings. The van der Waals surface area contributed by atoms with Crippen molar-refractivity contribution in [2.75, 3.05) is 13.7 Å². The van der Waals surface area contributed by atoms with Crippen molar-refractivity contribution < 1.29 is 9.84 Å². The van der Waals surface area contributed by atoms with Crippen molar-refractivity contribution in [1.82, 2.24) is 0 Å². The van der Waals surface area contributed by atoms with Crippen LogP contribution in [0.1, 0.15) is 38.7 Å². The molecule has 0 amide bonds. The molecule has 0 heterocycles. The van der Waals surface area contributed by atoms with Gasteiger partial charge in [0.2, 0.25) is 0 Å². The van der Waals surface area contributed by atoms with E-state index in [1.54, 1.807) is 19.2 Å². The van der Waals surface area contributed by atoms with E-state index in [9.17, 15) is 5.11 Å². The predicted octanol–water partition coefficient (Wildman–Crippen LogP) is 3.95. The number of aliphatic imine (C=N–C) groups is 1. The third-order valence-electron chi connectivity index (χ3n) is 3.29. The predicted molar refractivity (Wildman–Crippen MR) is 81.4 cm³/mol.